The largest absolute Gasteiger partial charge is 0.356 e. The summed E-state index contributed by atoms with van der Waals surface area (Å²) in [6, 6.07) is 10.3. The number of carbonyl (C=O) groups excluding carboxylic acids is 1. The van der Waals surface area contributed by atoms with Crippen LogP contribution in [-0.4, -0.2) is 19.0 Å². The van der Waals surface area contributed by atoms with Gasteiger partial charge in [0.15, 0.2) is 0 Å². The molecule has 0 aromatic heterocycles. The zero-order chi connectivity index (χ0) is 13.6. The fraction of sp³-hybridized carbons (Fsp3) is 0.533. The average Bonchev–Trinajstić information content (AvgIpc) is 2.39. The quantitative estimate of drug-likeness (QED) is 0.811. The van der Waals surface area contributed by atoms with Crippen LogP contribution in [0.2, 0.25) is 0 Å². The molecule has 3 N–H and O–H groups in total. The summed E-state index contributed by atoms with van der Waals surface area (Å²) in [6.07, 6.45) is 0.941. The molecule has 0 spiro atoms. The fourth-order valence-corrected chi connectivity index (χ4v) is 1.68. The molecule has 3 heteroatoms. The zero-order valence-electron chi connectivity index (χ0n) is 11.6. The van der Waals surface area contributed by atoms with Crippen LogP contribution in [0.1, 0.15) is 38.7 Å². The van der Waals surface area contributed by atoms with Gasteiger partial charge in [-0.1, -0.05) is 37.3 Å². The highest BCUT2D eigenvalue weighted by atomic mass is 16.2. The molecule has 100 valence electrons. The SMILES string of the molecule is CC(CCNC(=O)C(C)(C)CN)c1ccccc1. The van der Waals surface area contributed by atoms with E-state index in [1.165, 1.54) is 5.56 Å². The van der Waals surface area contributed by atoms with Crippen molar-refractivity contribution in [3.63, 3.8) is 0 Å². The number of amides is 1. The van der Waals surface area contributed by atoms with Gasteiger partial charge in [-0.3, -0.25) is 4.79 Å². The van der Waals surface area contributed by atoms with Gasteiger partial charge in [0.25, 0.3) is 0 Å². The summed E-state index contributed by atoms with van der Waals surface area (Å²) in [6.45, 7) is 6.97. The van der Waals surface area contributed by atoms with Gasteiger partial charge in [0.2, 0.25) is 5.91 Å². The van der Waals surface area contributed by atoms with Crippen molar-refractivity contribution in [1.29, 1.82) is 0 Å². The lowest BCUT2D eigenvalue weighted by molar-refractivity contribution is -0.128. The molecule has 1 aromatic rings. The second-order valence-electron chi connectivity index (χ2n) is 5.44. The average molecular weight is 248 g/mol. The third kappa shape index (κ3) is 4.15. The van der Waals surface area contributed by atoms with Gasteiger partial charge in [0, 0.05) is 13.1 Å². The normalized spacial score (nSPS) is 13.1. The van der Waals surface area contributed by atoms with Crippen LogP contribution in [0.25, 0.3) is 0 Å². The zero-order valence-corrected chi connectivity index (χ0v) is 11.6. The van der Waals surface area contributed by atoms with Gasteiger partial charge in [-0.05, 0) is 31.7 Å². The van der Waals surface area contributed by atoms with E-state index >= 15 is 0 Å². The Labute approximate surface area is 110 Å². The van der Waals surface area contributed by atoms with Crippen molar-refractivity contribution in [2.45, 2.75) is 33.1 Å². The van der Waals surface area contributed by atoms with E-state index < -0.39 is 5.41 Å². The van der Waals surface area contributed by atoms with Crippen LogP contribution in [0, 0.1) is 5.41 Å². The molecule has 0 aliphatic carbocycles. The Morgan fingerprint density at radius 2 is 1.94 bits per heavy atom. The minimum atomic E-state index is -0.476. The standard InChI is InChI=1S/C15H24N2O/c1-12(13-7-5-4-6-8-13)9-10-17-14(18)15(2,3)11-16/h4-8,12H,9-11,16H2,1-3H3,(H,17,18). The Balaban J connectivity index is 2.37. The lowest BCUT2D eigenvalue weighted by Crippen LogP contribution is -2.42. The second-order valence-corrected chi connectivity index (χ2v) is 5.44. The van der Waals surface area contributed by atoms with E-state index in [0.29, 0.717) is 19.0 Å². The summed E-state index contributed by atoms with van der Waals surface area (Å²) in [5.74, 6) is 0.484. The molecule has 0 heterocycles. The van der Waals surface area contributed by atoms with Crippen molar-refractivity contribution in [1.82, 2.24) is 5.32 Å². The number of nitrogens with one attached hydrogen (secondary N) is 1. The van der Waals surface area contributed by atoms with Gasteiger partial charge in [0.05, 0.1) is 5.41 Å². The highest BCUT2D eigenvalue weighted by molar-refractivity contribution is 5.81. The molecule has 18 heavy (non-hydrogen) atoms. The molecule has 1 aromatic carbocycles. The highest BCUT2D eigenvalue weighted by Crippen LogP contribution is 2.18. The maximum atomic E-state index is 11.8. The van der Waals surface area contributed by atoms with Crippen LogP contribution in [-0.2, 0) is 4.79 Å². The van der Waals surface area contributed by atoms with Gasteiger partial charge in [-0.2, -0.15) is 0 Å². The molecule has 0 fully saturated rings. The van der Waals surface area contributed by atoms with E-state index in [4.69, 9.17) is 5.73 Å². The van der Waals surface area contributed by atoms with Gasteiger partial charge in [-0.25, -0.2) is 0 Å². The van der Waals surface area contributed by atoms with Gasteiger partial charge >= 0.3 is 0 Å². The predicted molar refractivity (Wildman–Crippen MR) is 75.3 cm³/mol. The number of nitrogens with two attached hydrogens (primary N) is 1. The first kappa shape index (κ1) is 14.7. The van der Waals surface area contributed by atoms with Gasteiger partial charge < -0.3 is 11.1 Å². The highest BCUT2D eigenvalue weighted by Gasteiger charge is 2.25. The van der Waals surface area contributed by atoms with Crippen LogP contribution in [0.15, 0.2) is 30.3 Å². The number of hydrogen-bond donors (Lipinski definition) is 2. The first-order valence-electron chi connectivity index (χ1n) is 6.50. The van der Waals surface area contributed by atoms with E-state index in [0.717, 1.165) is 6.42 Å². The van der Waals surface area contributed by atoms with Crippen molar-refractivity contribution >= 4 is 5.91 Å². The topological polar surface area (TPSA) is 55.1 Å². The van der Waals surface area contributed by atoms with Crippen LogP contribution < -0.4 is 11.1 Å². The maximum Gasteiger partial charge on any atom is 0.226 e. The van der Waals surface area contributed by atoms with E-state index in [1.807, 2.05) is 32.0 Å². The van der Waals surface area contributed by atoms with Crippen molar-refractivity contribution in [2.75, 3.05) is 13.1 Å². The van der Waals surface area contributed by atoms with Crippen LogP contribution >= 0.6 is 0 Å². The number of rotatable bonds is 6. The monoisotopic (exact) mass is 248 g/mol. The first-order valence-corrected chi connectivity index (χ1v) is 6.50. The third-order valence-corrected chi connectivity index (χ3v) is 3.36. The minimum Gasteiger partial charge on any atom is -0.356 e. The predicted octanol–water partition coefficient (Wildman–Crippen LogP) is 2.28. The third-order valence-electron chi connectivity index (χ3n) is 3.36. The Morgan fingerprint density at radius 3 is 2.50 bits per heavy atom. The van der Waals surface area contributed by atoms with Gasteiger partial charge in [0.1, 0.15) is 0 Å². The summed E-state index contributed by atoms with van der Waals surface area (Å²) >= 11 is 0. The van der Waals surface area contributed by atoms with E-state index in [1.54, 1.807) is 0 Å². The Hall–Kier alpha value is -1.35. The number of carbonyl (C=O) groups is 1. The summed E-state index contributed by atoms with van der Waals surface area (Å²) < 4.78 is 0. The summed E-state index contributed by atoms with van der Waals surface area (Å²) in [4.78, 5) is 11.8. The van der Waals surface area contributed by atoms with Crippen LogP contribution in [0.4, 0.5) is 0 Å². The molecule has 1 atom stereocenters. The molecular formula is C15H24N2O. The summed E-state index contributed by atoms with van der Waals surface area (Å²) in [7, 11) is 0. The summed E-state index contributed by atoms with van der Waals surface area (Å²) in [5.41, 5.74) is 6.40. The second kappa shape index (κ2) is 6.55. The molecule has 0 saturated carbocycles. The Morgan fingerprint density at radius 1 is 1.33 bits per heavy atom. The minimum absolute atomic E-state index is 0.0326. The van der Waals surface area contributed by atoms with Crippen molar-refractivity contribution in [3.8, 4) is 0 Å². The number of benzene rings is 1. The van der Waals surface area contributed by atoms with Gasteiger partial charge in [-0.15, -0.1) is 0 Å². The first-order chi connectivity index (χ1) is 8.47. The molecule has 0 bridgehead atoms. The van der Waals surface area contributed by atoms with Crippen molar-refractivity contribution < 1.29 is 4.79 Å². The van der Waals surface area contributed by atoms with E-state index in [9.17, 15) is 4.79 Å². The molecule has 0 saturated heterocycles. The number of hydrogen-bond acceptors (Lipinski definition) is 2. The Kier molecular flexibility index (Phi) is 5.35. The smallest absolute Gasteiger partial charge is 0.226 e. The molecule has 0 aliphatic rings. The lowest BCUT2D eigenvalue weighted by atomic mass is 9.92. The molecule has 1 rings (SSSR count). The molecule has 0 aliphatic heterocycles. The van der Waals surface area contributed by atoms with E-state index in [-0.39, 0.29) is 5.91 Å². The van der Waals surface area contributed by atoms with E-state index in [2.05, 4.69) is 24.4 Å². The summed E-state index contributed by atoms with van der Waals surface area (Å²) in [5, 5.41) is 2.96. The molecule has 1 unspecified atom stereocenters. The van der Waals surface area contributed by atoms with Crippen LogP contribution in [0.3, 0.4) is 0 Å². The molecule has 0 radical (unpaired) electrons. The Bertz CT molecular complexity index is 373. The van der Waals surface area contributed by atoms with Crippen molar-refractivity contribution in [2.24, 2.45) is 11.1 Å². The maximum absolute atomic E-state index is 11.8. The fourth-order valence-electron chi connectivity index (χ4n) is 1.68. The molecular weight excluding hydrogens is 224 g/mol. The van der Waals surface area contributed by atoms with Crippen LogP contribution in [0.5, 0.6) is 0 Å². The van der Waals surface area contributed by atoms with Crippen molar-refractivity contribution in [3.05, 3.63) is 35.9 Å². The molecule has 3 nitrogen and oxygen atoms in total. The molecule has 1 amide bonds. The lowest BCUT2D eigenvalue weighted by Gasteiger charge is -2.22.